The molecule has 12 heavy (non-hydrogen) atoms. The summed E-state index contributed by atoms with van der Waals surface area (Å²) in [6, 6.07) is 0. The number of rotatable bonds is 7. The summed E-state index contributed by atoms with van der Waals surface area (Å²) in [6.45, 7) is 6.81. The summed E-state index contributed by atoms with van der Waals surface area (Å²) < 4.78 is 10.7. The summed E-state index contributed by atoms with van der Waals surface area (Å²) in [5.41, 5.74) is -0.110. The standard InChI is InChI=1S/C9H19O2S/c1-4-6-7-10-8(3)11-9(12)5-2/h8-9H,4-7H2,1-3H3. The Hall–Kier alpha value is 0.270. The van der Waals surface area contributed by atoms with Gasteiger partial charge in [-0.3, -0.25) is 0 Å². The summed E-state index contributed by atoms with van der Waals surface area (Å²) in [6.07, 6.45) is 2.94. The Bertz CT molecular complexity index is 98.5. The van der Waals surface area contributed by atoms with Gasteiger partial charge in [-0.1, -0.05) is 32.9 Å². The maximum atomic E-state index is 5.37. The van der Waals surface area contributed by atoms with Crippen LogP contribution in [-0.2, 0) is 9.47 Å². The van der Waals surface area contributed by atoms with Gasteiger partial charge in [-0.05, 0) is 19.8 Å². The molecule has 0 N–H and O–H groups in total. The van der Waals surface area contributed by atoms with Gasteiger partial charge in [0.15, 0.2) is 6.29 Å². The van der Waals surface area contributed by atoms with E-state index in [9.17, 15) is 0 Å². The molecule has 0 aliphatic heterocycles. The van der Waals surface area contributed by atoms with Crippen LogP contribution in [0.25, 0.3) is 0 Å². The van der Waals surface area contributed by atoms with Crippen molar-refractivity contribution >= 4 is 12.6 Å². The molecule has 2 nitrogen and oxygen atoms in total. The Morgan fingerprint density at radius 1 is 1.33 bits per heavy atom. The molecule has 0 spiro atoms. The molecule has 2 atom stereocenters. The van der Waals surface area contributed by atoms with E-state index in [1.54, 1.807) is 0 Å². The SMILES string of the molecule is CCCCOC(C)OC([S])CC. The summed E-state index contributed by atoms with van der Waals surface area (Å²) in [5, 5.41) is 0. The first kappa shape index (κ1) is 12.3. The highest BCUT2D eigenvalue weighted by Gasteiger charge is 2.07. The van der Waals surface area contributed by atoms with E-state index in [2.05, 4.69) is 6.92 Å². The minimum atomic E-state index is -0.154. The smallest absolute Gasteiger partial charge is 0.156 e. The van der Waals surface area contributed by atoms with Crippen LogP contribution in [0, 0.1) is 0 Å². The van der Waals surface area contributed by atoms with Crippen molar-refractivity contribution in [3.8, 4) is 0 Å². The third-order valence-electron chi connectivity index (χ3n) is 1.53. The van der Waals surface area contributed by atoms with E-state index in [0.717, 1.165) is 25.9 Å². The number of hydrogen-bond donors (Lipinski definition) is 0. The summed E-state index contributed by atoms with van der Waals surface area (Å²) in [5.74, 6) is 0. The fraction of sp³-hybridized carbons (Fsp3) is 1.00. The average molecular weight is 191 g/mol. The molecule has 2 unspecified atom stereocenters. The van der Waals surface area contributed by atoms with Gasteiger partial charge in [-0.15, -0.1) is 0 Å². The first-order chi connectivity index (χ1) is 5.70. The van der Waals surface area contributed by atoms with Crippen LogP contribution < -0.4 is 0 Å². The molecule has 0 fully saturated rings. The zero-order valence-corrected chi connectivity index (χ0v) is 9.02. The Balaban J connectivity index is 3.26. The molecule has 1 radical (unpaired) electrons. The van der Waals surface area contributed by atoms with Crippen LogP contribution in [0.1, 0.15) is 40.0 Å². The van der Waals surface area contributed by atoms with Crippen molar-refractivity contribution in [2.24, 2.45) is 0 Å². The molecule has 73 valence electrons. The lowest BCUT2D eigenvalue weighted by Gasteiger charge is -2.16. The number of unbranched alkanes of at least 4 members (excludes halogenated alkanes) is 1. The van der Waals surface area contributed by atoms with Gasteiger partial charge in [0.1, 0.15) is 5.44 Å². The van der Waals surface area contributed by atoms with E-state index in [-0.39, 0.29) is 11.7 Å². The molecule has 3 heteroatoms. The van der Waals surface area contributed by atoms with Crippen molar-refractivity contribution in [2.75, 3.05) is 6.61 Å². The van der Waals surface area contributed by atoms with Gasteiger partial charge in [0.2, 0.25) is 0 Å². The quantitative estimate of drug-likeness (QED) is 0.455. The van der Waals surface area contributed by atoms with Crippen molar-refractivity contribution in [1.82, 2.24) is 0 Å². The molecule has 0 aromatic carbocycles. The predicted molar refractivity (Wildman–Crippen MR) is 53.1 cm³/mol. The van der Waals surface area contributed by atoms with E-state index in [1.807, 2.05) is 13.8 Å². The van der Waals surface area contributed by atoms with Gasteiger partial charge in [0.25, 0.3) is 0 Å². The third-order valence-corrected chi connectivity index (χ3v) is 1.97. The molecule has 0 aromatic rings. The minimum absolute atomic E-state index is 0.110. The van der Waals surface area contributed by atoms with E-state index < -0.39 is 0 Å². The van der Waals surface area contributed by atoms with Gasteiger partial charge in [-0.2, -0.15) is 0 Å². The van der Waals surface area contributed by atoms with E-state index in [1.165, 1.54) is 0 Å². The fourth-order valence-corrected chi connectivity index (χ4v) is 0.899. The minimum Gasteiger partial charge on any atom is -0.353 e. The van der Waals surface area contributed by atoms with Gasteiger partial charge >= 0.3 is 0 Å². The van der Waals surface area contributed by atoms with Gasteiger partial charge in [-0.25, -0.2) is 0 Å². The maximum Gasteiger partial charge on any atom is 0.156 e. The second-order valence-electron chi connectivity index (χ2n) is 2.77. The summed E-state index contributed by atoms with van der Waals surface area (Å²) in [7, 11) is 0. The van der Waals surface area contributed by atoms with Crippen LogP contribution in [0.15, 0.2) is 0 Å². The molecule has 0 amide bonds. The fourth-order valence-electron chi connectivity index (χ4n) is 0.743. The van der Waals surface area contributed by atoms with Crippen molar-refractivity contribution < 1.29 is 9.47 Å². The Labute approximate surface area is 81.0 Å². The lowest BCUT2D eigenvalue weighted by Crippen LogP contribution is -2.18. The molecule has 0 aromatic heterocycles. The molecular weight excluding hydrogens is 172 g/mol. The zero-order valence-electron chi connectivity index (χ0n) is 8.21. The second kappa shape index (κ2) is 7.90. The molecule has 0 bridgehead atoms. The van der Waals surface area contributed by atoms with Gasteiger partial charge in [0, 0.05) is 6.61 Å². The lowest BCUT2D eigenvalue weighted by molar-refractivity contribution is -0.139. The molecule has 0 heterocycles. The number of hydrogen-bond acceptors (Lipinski definition) is 2. The highest BCUT2D eigenvalue weighted by Crippen LogP contribution is 2.07. The van der Waals surface area contributed by atoms with Crippen LogP contribution >= 0.6 is 12.6 Å². The molecule has 0 saturated carbocycles. The van der Waals surface area contributed by atoms with Crippen LogP contribution in [0.3, 0.4) is 0 Å². The van der Waals surface area contributed by atoms with Crippen molar-refractivity contribution in [3.63, 3.8) is 0 Å². The lowest BCUT2D eigenvalue weighted by atomic mass is 10.4. The Morgan fingerprint density at radius 2 is 2.00 bits per heavy atom. The first-order valence-corrected chi connectivity index (χ1v) is 5.10. The van der Waals surface area contributed by atoms with Crippen molar-refractivity contribution in [3.05, 3.63) is 0 Å². The highest BCUT2D eigenvalue weighted by molar-refractivity contribution is 7.80. The van der Waals surface area contributed by atoms with Gasteiger partial charge < -0.3 is 9.47 Å². The molecule has 0 aliphatic rings. The number of ether oxygens (including phenoxy) is 2. The topological polar surface area (TPSA) is 18.5 Å². The average Bonchev–Trinajstić information content (AvgIpc) is 2.05. The Morgan fingerprint density at radius 3 is 2.50 bits per heavy atom. The summed E-state index contributed by atoms with van der Waals surface area (Å²) in [4.78, 5) is 0. The molecular formula is C9H19O2S. The van der Waals surface area contributed by atoms with Crippen LogP contribution in [0.4, 0.5) is 0 Å². The van der Waals surface area contributed by atoms with Crippen LogP contribution in [0.5, 0.6) is 0 Å². The maximum absolute atomic E-state index is 5.37. The first-order valence-electron chi connectivity index (χ1n) is 4.63. The second-order valence-corrected chi connectivity index (χ2v) is 3.29. The van der Waals surface area contributed by atoms with Gasteiger partial charge in [0.05, 0.1) is 0 Å². The zero-order chi connectivity index (χ0) is 9.40. The van der Waals surface area contributed by atoms with Crippen LogP contribution in [-0.4, -0.2) is 18.3 Å². The largest absolute Gasteiger partial charge is 0.353 e. The van der Waals surface area contributed by atoms with E-state index in [0.29, 0.717) is 0 Å². The highest BCUT2D eigenvalue weighted by atomic mass is 32.1. The van der Waals surface area contributed by atoms with Crippen molar-refractivity contribution in [1.29, 1.82) is 0 Å². The molecule has 0 rings (SSSR count). The molecule has 0 aliphatic carbocycles. The van der Waals surface area contributed by atoms with Crippen LogP contribution in [0.2, 0.25) is 0 Å². The third kappa shape index (κ3) is 6.95. The predicted octanol–water partition coefficient (Wildman–Crippen LogP) is 3.10. The normalized spacial score (nSPS) is 16.0. The molecule has 0 saturated heterocycles. The van der Waals surface area contributed by atoms with E-state index in [4.69, 9.17) is 22.1 Å². The Kier molecular flexibility index (Phi) is 8.07. The summed E-state index contributed by atoms with van der Waals surface area (Å²) >= 11 is 4.99. The van der Waals surface area contributed by atoms with E-state index >= 15 is 0 Å². The van der Waals surface area contributed by atoms with Crippen molar-refractivity contribution in [2.45, 2.75) is 51.8 Å². The monoisotopic (exact) mass is 191 g/mol.